The molecule has 20 heavy (non-hydrogen) atoms. The summed E-state index contributed by atoms with van der Waals surface area (Å²) < 4.78 is 6.78. The molecular formula is C13H19N5O2. The molecule has 0 aliphatic heterocycles. The molecule has 0 amide bonds. The van der Waals surface area contributed by atoms with E-state index < -0.39 is 0 Å². The van der Waals surface area contributed by atoms with Crippen LogP contribution in [0.4, 0.5) is 5.82 Å². The number of hydrogen-bond acceptors (Lipinski definition) is 6. The van der Waals surface area contributed by atoms with Crippen molar-refractivity contribution in [3.63, 3.8) is 0 Å². The summed E-state index contributed by atoms with van der Waals surface area (Å²) in [5, 5.41) is 17.4. The van der Waals surface area contributed by atoms with Crippen molar-refractivity contribution in [2.45, 2.75) is 32.0 Å². The molecule has 108 valence electrons. The summed E-state index contributed by atoms with van der Waals surface area (Å²) in [4.78, 5) is 8.47. The molecular weight excluding hydrogens is 258 g/mol. The summed E-state index contributed by atoms with van der Waals surface area (Å²) in [6, 6.07) is 1.91. The number of anilines is 1. The fourth-order valence-electron chi connectivity index (χ4n) is 2.70. The topological polar surface area (TPSA) is 84.6 Å². The fourth-order valence-corrected chi connectivity index (χ4v) is 2.70. The number of aliphatic hydroxyl groups excluding tert-OH is 1. The van der Waals surface area contributed by atoms with E-state index in [9.17, 15) is 5.11 Å². The van der Waals surface area contributed by atoms with Gasteiger partial charge in [-0.3, -0.25) is 0 Å². The molecule has 2 atom stereocenters. The van der Waals surface area contributed by atoms with Crippen LogP contribution in [0.25, 0.3) is 5.78 Å². The van der Waals surface area contributed by atoms with Crippen LogP contribution in [-0.4, -0.2) is 44.4 Å². The van der Waals surface area contributed by atoms with Crippen LogP contribution >= 0.6 is 0 Å². The van der Waals surface area contributed by atoms with E-state index in [0.29, 0.717) is 18.3 Å². The van der Waals surface area contributed by atoms with Gasteiger partial charge >= 0.3 is 0 Å². The lowest BCUT2D eigenvalue weighted by atomic mass is 10.1. The molecule has 2 unspecified atom stereocenters. The number of hydrogen-bond donors (Lipinski definition) is 2. The Morgan fingerprint density at radius 1 is 1.50 bits per heavy atom. The third-order valence-corrected chi connectivity index (χ3v) is 3.76. The van der Waals surface area contributed by atoms with Gasteiger partial charge in [0.15, 0.2) is 0 Å². The molecule has 2 aromatic rings. The van der Waals surface area contributed by atoms with Crippen LogP contribution in [0.15, 0.2) is 12.4 Å². The maximum Gasteiger partial charge on any atom is 0.254 e. The van der Waals surface area contributed by atoms with E-state index in [0.717, 1.165) is 37.3 Å². The summed E-state index contributed by atoms with van der Waals surface area (Å²) in [5.41, 5.74) is 0.808. The number of aliphatic hydroxyl groups is 1. The second-order valence-electron chi connectivity index (χ2n) is 5.18. The maximum atomic E-state index is 9.87. The van der Waals surface area contributed by atoms with Gasteiger partial charge in [-0.1, -0.05) is 6.42 Å². The van der Waals surface area contributed by atoms with Crippen molar-refractivity contribution in [3.8, 4) is 0 Å². The van der Waals surface area contributed by atoms with Gasteiger partial charge in [-0.25, -0.2) is 4.98 Å². The first-order chi connectivity index (χ1) is 9.78. The molecule has 2 aromatic heterocycles. The number of nitrogens with one attached hydrogen (secondary N) is 1. The van der Waals surface area contributed by atoms with E-state index in [-0.39, 0.29) is 6.10 Å². The fraction of sp³-hybridized carbons (Fsp3) is 0.615. The van der Waals surface area contributed by atoms with Crippen LogP contribution in [0, 0.1) is 5.92 Å². The lowest BCUT2D eigenvalue weighted by Gasteiger charge is -2.16. The van der Waals surface area contributed by atoms with Crippen LogP contribution < -0.4 is 5.32 Å². The smallest absolute Gasteiger partial charge is 0.254 e. The molecule has 0 saturated heterocycles. The van der Waals surface area contributed by atoms with Gasteiger partial charge in [0.25, 0.3) is 5.78 Å². The van der Waals surface area contributed by atoms with Crippen molar-refractivity contribution in [1.29, 1.82) is 0 Å². The largest absolute Gasteiger partial charge is 0.393 e. The zero-order valence-electron chi connectivity index (χ0n) is 11.5. The molecule has 1 saturated carbocycles. The number of nitrogens with zero attached hydrogens (tertiary/aromatic N) is 4. The summed E-state index contributed by atoms with van der Waals surface area (Å²) in [7, 11) is 1.64. The van der Waals surface area contributed by atoms with Gasteiger partial charge in [0.1, 0.15) is 12.1 Å². The molecule has 7 heteroatoms. The Labute approximate surface area is 117 Å². The standard InChI is InChI=1S/C13H19N5O2/c1-20-7-10-5-12(18-13(17-10)15-8-16-18)14-6-9-3-2-4-11(9)19/h5,8-9,11,14,19H,2-4,6-7H2,1H3. The Kier molecular flexibility index (Phi) is 3.79. The van der Waals surface area contributed by atoms with Crippen LogP contribution in [0.1, 0.15) is 25.0 Å². The molecule has 7 nitrogen and oxygen atoms in total. The number of methoxy groups -OCH3 is 1. The SMILES string of the molecule is COCc1cc(NCC2CCCC2O)n2ncnc2n1. The van der Waals surface area contributed by atoms with Gasteiger partial charge < -0.3 is 15.2 Å². The van der Waals surface area contributed by atoms with Crippen LogP contribution in [0.3, 0.4) is 0 Å². The molecule has 0 radical (unpaired) electrons. The highest BCUT2D eigenvalue weighted by atomic mass is 16.5. The van der Waals surface area contributed by atoms with Gasteiger partial charge in [-0.2, -0.15) is 14.6 Å². The molecule has 1 aliphatic carbocycles. The summed E-state index contributed by atoms with van der Waals surface area (Å²) in [6.07, 6.45) is 4.33. The average Bonchev–Trinajstić information content (AvgIpc) is 3.05. The molecule has 0 aromatic carbocycles. The highest BCUT2D eigenvalue weighted by Crippen LogP contribution is 2.25. The van der Waals surface area contributed by atoms with Crippen molar-refractivity contribution < 1.29 is 9.84 Å². The minimum atomic E-state index is -0.200. The van der Waals surface area contributed by atoms with E-state index in [4.69, 9.17) is 4.74 Å². The predicted molar refractivity (Wildman–Crippen MR) is 73.3 cm³/mol. The first kappa shape index (κ1) is 13.3. The van der Waals surface area contributed by atoms with Crippen LogP contribution in [-0.2, 0) is 11.3 Å². The number of fused-ring (bicyclic) bond motifs is 1. The van der Waals surface area contributed by atoms with Crippen LogP contribution in [0.5, 0.6) is 0 Å². The van der Waals surface area contributed by atoms with Crippen molar-refractivity contribution in [3.05, 3.63) is 18.1 Å². The Morgan fingerprint density at radius 3 is 3.15 bits per heavy atom. The quantitative estimate of drug-likeness (QED) is 0.842. The second kappa shape index (κ2) is 5.72. The summed E-state index contributed by atoms with van der Waals surface area (Å²) in [6.45, 7) is 1.16. The molecule has 0 spiro atoms. The van der Waals surface area contributed by atoms with E-state index in [1.54, 1.807) is 11.6 Å². The normalized spacial score (nSPS) is 22.5. The monoisotopic (exact) mass is 277 g/mol. The molecule has 1 aliphatic rings. The lowest BCUT2D eigenvalue weighted by molar-refractivity contribution is 0.138. The minimum Gasteiger partial charge on any atom is -0.393 e. The highest BCUT2D eigenvalue weighted by molar-refractivity contribution is 5.44. The first-order valence-electron chi connectivity index (χ1n) is 6.88. The molecule has 0 bridgehead atoms. The molecule has 3 rings (SSSR count). The minimum absolute atomic E-state index is 0.200. The van der Waals surface area contributed by atoms with Gasteiger partial charge in [0.2, 0.25) is 0 Å². The molecule has 1 fully saturated rings. The van der Waals surface area contributed by atoms with Crippen LogP contribution in [0.2, 0.25) is 0 Å². The molecule has 2 N–H and O–H groups in total. The van der Waals surface area contributed by atoms with E-state index in [2.05, 4.69) is 20.4 Å². The van der Waals surface area contributed by atoms with Gasteiger partial charge in [-0.15, -0.1) is 0 Å². The Hall–Kier alpha value is -1.73. The van der Waals surface area contributed by atoms with Gasteiger partial charge in [-0.05, 0) is 12.8 Å². The average molecular weight is 277 g/mol. The van der Waals surface area contributed by atoms with Crippen molar-refractivity contribution in [1.82, 2.24) is 19.6 Å². The molecule has 2 heterocycles. The second-order valence-corrected chi connectivity index (χ2v) is 5.18. The maximum absolute atomic E-state index is 9.87. The zero-order chi connectivity index (χ0) is 13.9. The number of rotatable bonds is 5. The van der Waals surface area contributed by atoms with Crippen molar-refractivity contribution >= 4 is 11.6 Å². The Morgan fingerprint density at radius 2 is 2.40 bits per heavy atom. The summed E-state index contributed by atoms with van der Waals surface area (Å²) >= 11 is 0. The van der Waals surface area contributed by atoms with E-state index in [1.165, 1.54) is 6.33 Å². The first-order valence-corrected chi connectivity index (χ1v) is 6.88. The third kappa shape index (κ3) is 2.59. The number of ether oxygens (including phenoxy) is 1. The number of aromatic nitrogens is 4. The van der Waals surface area contributed by atoms with E-state index in [1.807, 2.05) is 6.07 Å². The van der Waals surface area contributed by atoms with Gasteiger partial charge in [0.05, 0.1) is 18.4 Å². The summed E-state index contributed by atoms with van der Waals surface area (Å²) in [5.74, 6) is 1.68. The Balaban J connectivity index is 1.80. The predicted octanol–water partition coefficient (Wildman–Crippen LogP) is 0.844. The zero-order valence-corrected chi connectivity index (χ0v) is 11.5. The van der Waals surface area contributed by atoms with Gasteiger partial charge in [0, 0.05) is 25.6 Å². The van der Waals surface area contributed by atoms with Crippen molar-refractivity contribution in [2.75, 3.05) is 19.0 Å². The van der Waals surface area contributed by atoms with Crippen molar-refractivity contribution in [2.24, 2.45) is 5.92 Å². The van der Waals surface area contributed by atoms with E-state index >= 15 is 0 Å². The lowest BCUT2D eigenvalue weighted by Crippen LogP contribution is -2.23. The third-order valence-electron chi connectivity index (χ3n) is 3.76. The Bertz CT molecular complexity index is 585. The highest BCUT2D eigenvalue weighted by Gasteiger charge is 2.25.